The molecule has 1 fully saturated rings. The third-order valence-electron chi connectivity index (χ3n) is 5.59. The first-order valence-corrected chi connectivity index (χ1v) is 10.2. The number of H-pyrrole nitrogens is 1. The van der Waals surface area contributed by atoms with E-state index in [1.54, 1.807) is 4.90 Å². The lowest BCUT2D eigenvalue weighted by Crippen LogP contribution is -2.43. The van der Waals surface area contributed by atoms with Gasteiger partial charge in [0.2, 0.25) is 0 Å². The molecule has 1 unspecified atom stereocenters. The molecule has 7 nitrogen and oxygen atoms in total. The highest BCUT2D eigenvalue weighted by molar-refractivity contribution is 6.45. The number of carbonyl (C=O) groups is 2. The summed E-state index contributed by atoms with van der Waals surface area (Å²) in [6, 6.07) is 10.1. The third-order valence-corrected chi connectivity index (χ3v) is 5.59. The summed E-state index contributed by atoms with van der Waals surface area (Å²) in [5.41, 5.74) is 6.85. The van der Waals surface area contributed by atoms with Crippen molar-refractivity contribution < 1.29 is 14.0 Å². The van der Waals surface area contributed by atoms with Crippen LogP contribution in [0.15, 0.2) is 55.1 Å². The number of amides is 1. The Morgan fingerprint density at radius 1 is 1.32 bits per heavy atom. The predicted octanol–water partition coefficient (Wildman–Crippen LogP) is 3.21. The Labute approximate surface area is 179 Å². The van der Waals surface area contributed by atoms with Gasteiger partial charge in [0.1, 0.15) is 0 Å². The second-order valence-corrected chi connectivity index (χ2v) is 7.69. The van der Waals surface area contributed by atoms with Gasteiger partial charge in [0.05, 0.1) is 22.7 Å². The molecule has 3 aromatic rings. The normalized spacial score (nSPS) is 16.7. The molecular formula is C23H24FN5O2. The number of piperidine rings is 1. The molecule has 8 heteroatoms. The molecule has 0 aliphatic carbocycles. The van der Waals surface area contributed by atoms with Crippen molar-refractivity contribution in [2.75, 3.05) is 18.4 Å². The summed E-state index contributed by atoms with van der Waals surface area (Å²) in [6.07, 6.45) is 7.78. The second kappa shape index (κ2) is 8.99. The average molecular weight is 421 g/mol. The molecule has 0 bridgehead atoms. The number of pyridine rings is 1. The Morgan fingerprint density at radius 2 is 2.13 bits per heavy atom. The Bertz CT molecular complexity index is 1130. The van der Waals surface area contributed by atoms with E-state index in [0.717, 1.165) is 25.5 Å². The third kappa shape index (κ3) is 4.28. The molecule has 0 saturated carbocycles. The number of nitrogens with zero attached hydrogens (tertiary/aromatic N) is 2. The number of benzene rings is 1. The summed E-state index contributed by atoms with van der Waals surface area (Å²) >= 11 is 0. The smallest absolute Gasteiger partial charge is 0.295 e. The number of aromatic nitrogens is 2. The summed E-state index contributed by atoms with van der Waals surface area (Å²) in [7, 11) is 0. The standard InChI is InChI=1S/C23H24FN5O2/c24-18-13-28-22(26-9-8-25)20-19(18)17(12-27-20)21(30)23(31)29-10-4-7-16(14-29)11-15-5-2-1-3-6-15/h1-3,5-6,8-9,12-13,16,27H,4,7,10-11,14,25H2,(H,26,28)/b9-8-. The van der Waals surface area contributed by atoms with Gasteiger partial charge in [-0.1, -0.05) is 30.3 Å². The van der Waals surface area contributed by atoms with Crippen LogP contribution in [-0.2, 0) is 11.2 Å². The van der Waals surface area contributed by atoms with Gasteiger partial charge in [0.15, 0.2) is 11.6 Å². The molecule has 3 heterocycles. The molecule has 1 amide bonds. The summed E-state index contributed by atoms with van der Waals surface area (Å²) < 4.78 is 14.5. The Morgan fingerprint density at radius 3 is 2.90 bits per heavy atom. The van der Waals surface area contributed by atoms with Gasteiger partial charge in [-0.15, -0.1) is 0 Å². The van der Waals surface area contributed by atoms with Gasteiger partial charge in [-0.25, -0.2) is 9.37 Å². The number of likely N-dealkylation sites (tertiary alicyclic amines) is 1. The highest BCUT2D eigenvalue weighted by atomic mass is 19.1. The van der Waals surface area contributed by atoms with Crippen molar-refractivity contribution in [2.24, 2.45) is 11.7 Å². The van der Waals surface area contributed by atoms with E-state index in [1.165, 1.54) is 24.2 Å². The lowest BCUT2D eigenvalue weighted by molar-refractivity contribution is -0.128. The van der Waals surface area contributed by atoms with Crippen LogP contribution >= 0.6 is 0 Å². The minimum atomic E-state index is -0.725. The average Bonchev–Trinajstić information content (AvgIpc) is 3.25. The quantitative estimate of drug-likeness (QED) is 0.419. The second-order valence-electron chi connectivity index (χ2n) is 7.69. The number of Topliss-reactive ketones (excluding diaryl/α,β-unsaturated/α-hetero) is 1. The molecule has 1 saturated heterocycles. The SMILES string of the molecule is N/C=C\Nc1ncc(F)c2c(C(=O)C(=O)N3CCCC(Cc4ccccc4)C3)c[nH]c12. The van der Waals surface area contributed by atoms with Gasteiger partial charge in [-0.3, -0.25) is 9.59 Å². The summed E-state index contributed by atoms with van der Waals surface area (Å²) in [5, 5.41) is 2.86. The van der Waals surface area contributed by atoms with Gasteiger partial charge < -0.3 is 20.9 Å². The largest absolute Gasteiger partial charge is 0.403 e. The first-order valence-electron chi connectivity index (χ1n) is 10.2. The molecule has 4 rings (SSSR count). The summed E-state index contributed by atoms with van der Waals surface area (Å²) in [6.45, 7) is 1.04. The van der Waals surface area contributed by atoms with Crippen LogP contribution < -0.4 is 11.1 Å². The Balaban J connectivity index is 1.54. The molecule has 2 aromatic heterocycles. The number of aromatic amines is 1. The first-order chi connectivity index (χ1) is 15.1. The van der Waals surface area contributed by atoms with E-state index in [9.17, 15) is 14.0 Å². The van der Waals surface area contributed by atoms with Crippen LogP contribution in [0.5, 0.6) is 0 Å². The van der Waals surface area contributed by atoms with Crippen molar-refractivity contribution in [3.05, 3.63) is 72.1 Å². The van der Waals surface area contributed by atoms with Crippen LogP contribution in [0, 0.1) is 11.7 Å². The number of anilines is 1. The number of fused-ring (bicyclic) bond motifs is 1. The van der Waals surface area contributed by atoms with E-state index in [1.807, 2.05) is 18.2 Å². The van der Waals surface area contributed by atoms with E-state index < -0.39 is 17.5 Å². The van der Waals surface area contributed by atoms with Crippen molar-refractivity contribution >= 4 is 28.4 Å². The highest BCUT2D eigenvalue weighted by Crippen LogP contribution is 2.28. The molecular weight excluding hydrogens is 397 g/mol. The maximum Gasteiger partial charge on any atom is 0.295 e. The van der Waals surface area contributed by atoms with Crippen molar-refractivity contribution in [3.8, 4) is 0 Å². The van der Waals surface area contributed by atoms with Crippen LogP contribution in [0.3, 0.4) is 0 Å². The number of nitrogens with one attached hydrogen (secondary N) is 2. The van der Waals surface area contributed by atoms with Crippen LogP contribution in [0.2, 0.25) is 0 Å². The summed E-state index contributed by atoms with van der Waals surface area (Å²) in [5.74, 6) is -1.40. The van der Waals surface area contributed by atoms with Crippen LogP contribution in [0.25, 0.3) is 10.9 Å². The van der Waals surface area contributed by atoms with Crippen molar-refractivity contribution in [2.45, 2.75) is 19.3 Å². The number of halogens is 1. The van der Waals surface area contributed by atoms with Gasteiger partial charge in [0, 0.05) is 31.7 Å². The van der Waals surface area contributed by atoms with E-state index in [2.05, 4.69) is 27.4 Å². The highest BCUT2D eigenvalue weighted by Gasteiger charge is 2.31. The van der Waals surface area contributed by atoms with Crippen LogP contribution in [0.1, 0.15) is 28.8 Å². The molecule has 1 aromatic carbocycles. The number of carbonyl (C=O) groups excluding carboxylic acids is 2. The van der Waals surface area contributed by atoms with Gasteiger partial charge >= 0.3 is 0 Å². The molecule has 160 valence electrons. The molecule has 0 radical (unpaired) electrons. The van der Waals surface area contributed by atoms with Gasteiger partial charge in [-0.05, 0) is 30.7 Å². The van der Waals surface area contributed by atoms with Crippen molar-refractivity contribution in [1.29, 1.82) is 0 Å². The molecule has 4 N–H and O–H groups in total. The molecule has 1 atom stereocenters. The van der Waals surface area contributed by atoms with Crippen LogP contribution in [-0.4, -0.2) is 39.6 Å². The molecule has 31 heavy (non-hydrogen) atoms. The zero-order valence-corrected chi connectivity index (χ0v) is 17.0. The van der Waals surface area contributed by atoms with E-state index in [4.69, 9.17) is 5.73 Å². The van der Waals surface area contributed by atoms with Crippen molar-refractivity contribution in [1.82, 2.24) is 14.9 Å². The Hall–Kier alpha value is -3.68. The molecule has 1 aliphatic heterocycles. The number of hydrogen-bond acceptors (Lipinski definition) is 5. The fraction of sp³-hybridized carbons (Fsp3) is 0.261. The van der Waals surface area contributed by atoms with Crippen molar-refractivity contribution in [3.63, 3.8) is 0 Å². The fourth-order valence-corrected chi connectivity index (χ4v) is 4.15. The minimum Gasteiger partial charge on any atom is -0.403 e. The zero-order valence-electron chi connectivity index (χ0n) is 17.0. The Kier molecular flexibility index (Phi) is 5.97. The maximum absolute atomic E-state index is 14.5. The monoisotopic (exact) mass is 421 g/mol. The molecule has 0 spiro atoms. The fourth-order valence-electron chi connectivity index (χ4n) is 4.15. The van der Waals surface area contributed by atoms with Crippen LogP contribution in [0.4, 0.5) is 10.2 Å². The molecule has 1 aliphatic rings. The zero-order chi connectivity index (χ0) is 21.8. The number of ketones is 1. The number of rotatable bonds is 6. The minimum absolute atomic E-state index is 0.00450. The maximum atomic E-state index is 14.5. The van der Waals surface area contributed by atoms with Gasteiger partial charge in [0.25, 0.3) is 11.7 Å². The van der Waals surface area contributed by atoms with E-state index in [-0.39, 0.29) is 16.9 Å². The summed E-state index contributed by atoms with van der Waals surface area (Å²) in [4.78, 5) is 34.4. The predicted molar refractivity (Wildman–Crippen MR) is 117 cm³/mol. The first kappa shape index (κ1) is 20.6. The number of hydrogen-bond donors (Lipinski definition) is 3. The van der Waals surface area contributed by atoms with E-state index in [0.29, 0.717) is 24.4 Å². The topological polar surface area (TPSA) is 104 Å². The van der Waals surface area contributed by atoms with E-state index >= 15 is 0 Å². The number of nitrogens with two attached hydrogens (primary N) is 1. The van der Waals surface area contributed by atoms with Gasteiger partial charge in [-0.2, -0.15) is 0 Å². The lowest BCUT2D eigenvalue weighted by atomic mass is 9.91. The lowest BCUT2D eigenvalue weighted by Gasteiger charge is -2.32.